The van der Waals surface area contributed by atoms with Gasteiger partial charge < -0.3 is 23.4 Å². The smallest absolute Gasteiger partial charge is 0.377 e. The van der Waals surface area contributed by atoms with Crippen molar-refractivity contribution in [3.63, 3.8) is 0 Å². The molecule has 4 rings (SSSR count). The molecule has 31 heavy (non-hydrogen) atoms. The fraction of sp³-hybridized carbons (Fsp3) is 0.227. The third-order valence-corrected chi connectivity index (χ3v) is 8.00. The molecule has 0 aliphatic carbocycles. The second kappa shape index (κ2) is 8.93. The van der Waals surface area contributed by atoms with Crippen LogP contribution in [0.3, 0.4) is 0 Å². The van der Waals surface area contributed by atoms with Gasteiger partial charge in [0.2, 0.25) is 0 Å². The number of methoxy groups -OCH3 is 2. The minimum absolute atomic E-state index is 0.344. The van der Waals surface area contributed by atoms with Crippen LogP contribution in [0.25, 0.3) is 5.70 Å². The van der Waals surface area contributed by atoms with Crippen LogP contribution >= 0.6 is 19.4 Å². The van der Waals surface area contributed by atoms with Gasteiger partial charge in [-0.3, -0.25) is 4.57 Å². The number of thioether (sulfide) groups is 1. The normalized spacial score (nSPS) is 18.1. The lowest BCUT2D eigenvalue weighted by Gasteiger charge is -2.35. The van der Waals surface area contributed by atoms with E-state index < -0.39 is 7.60 Å². The van der Waals surface area contributed by atoms with E-state index in [1.807, 2.05) is 59.5 Å². The maximum atomic E-state index is 13.3. The van der Waals surface area contributed by atoms with E-state index in [4.69, 9.17) is 23.5 Å². The van der Waals surface area contributed by atoms with E-state index >= 15 is 0 Å². The largest absolute Gasteiger partial charge is 0.497 e. The monoisotopic (exact) mass is 458 g/mol. The maximum absolute atomic E-state index is 13.3. The molecule has 9 heteroatoms. The molecule has 7 nitrogen and oxygen atoms in total. The molecule has 2 aliphatic heterocycles. The van der Waals surface area contributed by atoms with Gasteiger partial charge in [-0.2, -0.15) is 0 Å². The number of fused-ring (bicyclic) bond motifs is 1. The van der Waals surface area contributed by atoms with Crippen LogP contribution in [0.15, 0.2) is 70.4 Å². The van der Waals surface area contributed by atoms with Crippen molar-refractivity contribution in [2.45, 2.75) is 6.04 Å². The molecule has 0 radical (unpaired) electrons. The number of nitrogens with zero attached hydrogens (tertiary/aromatic N) is 2. The average molecular weight is 458 g/mol. The van der Waals surface area contributed by atoms with E-state index in [2.05, 4.69) is 0 Å². The molecule has 0 aromatic heterocycles. The zero-order chi connectivity index (χ0) is 22.0. The lowest BCUT2D eigenvalue weighted by molar-refractivity contribution is 0.271. The number of hydrogen-bond acceptors (Lipinski definition) is 8. The van der Waals surface area contributed by atoms with E-state index in [1.165, 1.54) is 26.0 Å². The molecule has 0 N–H and O–H groups in total. The Hall–Kier alpha value is -2.51. The summed E-state index contributed by atoms with van der Waals surface area (Å²) in [5.41, 5.74) is 3.12. The number of benzene rings is 2. The van der Waals surface area contributed by atoms with Crippen molar-refractivity contribution >= 4 is 30.2 Å². The van der Waals surface area contributed by atoms with E-state index in [0.717, 1.165) is 16.8 Å². The Morgan fingerprint density at radius 1 is 1.00 bits per heavy atom. The van der Waals surface area contributed by atoms with E-state index in [9.17, 15) is 4.57 Å². The van der Waals surface area contributed by atoms with Gasteiger partial charge in [-0.25, -0.2) is 4.99 Å². The average Bonchev–Trinajstić information content (AvgIpc) is 3.28. The molecular weight excluding hydrogens is 435 g/mol. The van der Waals surface area contributed by atoms with Crippen LogP contribution < -0.4 is 9.47 Å². The zero-order valence-electron chi connectivity index (χ0n) is 17.6. The van der Waals surface area contributed by atoms with Gasteiger partial charge in [0.25, 0.3) is 0 Å². The van der Waals surface area contributed by atoms with Crippen LogP contribution in [0.4, 0.5) is 0 Å². The first kappa shape index (κ1) is 21.7. The highest BCUT2D eigenvalue weighted by molar-refractivity contribution is 8.16. The first-order valence-electron chi connectivity index (χ1n) is 9.50. The van der Waals surface area contributed by atoms with Crippen LogP contribution in [0, 0.1) is 0 Å². The summed E-state index contributed by atoms with van der Waals surface area (Å²) in [5, 5.41) is 2.46. The second-order valence-corrected chi connectivity index (χ2v) is 9.71. The Morgan fingerprint density at radius 3 is 2.39 bits per heavy atom. The van der Waals surface area contributed by atoms with Gasteiger partial charge in [-0.1, -0.05) is 42.1 Å². The predicted octanol–water partition coefficient (Wildman–Crippen LogP) is 5.49. The van der Waals surface area contributed by atoms with Gasteiger partial charge in [0.15, 0.2) is 5.17 Å². The van der Waals surface area contributed by atoms with Gasteiger partial charge in [-0.15, -0.1) is 0 Å². The summed E-state index contributed by atoms with van der Waals surface area (Å²) in [6, 6.07) is 15.2. The van der Waals surface area contributed by atoms with Crippen LogP contribution in [-0.2, 0) is 13.6 Å². The van der Waals surface area contributed by atoms with Crippen LogP contribution in [0.2, 0.25) is 0 Å². The standard InChI is InChI=1S/C22H23N2O5PS/c1-26-16-10-11-17(20(12-16)27-2)19-13-18(15-8-6-5-7-9-15)23-22-24(19)21(14-31-22)30(25,28-3)29-4/h5-14,19H,1-4H3. The van der Waals surface area contributed by atoms with Crippen LogP contribution in [-0.4, -0.2) is 38.5 Å². The summed E-state index contributed by atoms with van der Waals surface area (Å²) in [7, 11) is 2.46. The molecule has 162 valence electrons. The maximum Gasteiger partial charge on any atom is 0.377 e. The summed E-state index contributed by atoms with van der Waals surface area (Å²) in [5.74, 6) is 1.33. The molecule has 0 saturated carbocycles. The van der Waals surface area contributed by atoms with E-state index in [1.54, 1.807) is 19.6 Å². The molecule has 2 aliphatic rings. The molecule has 2 aromatic rings. The van der Waals surface area contributed by atoms with Crippen LogP contribution in [0.1, 0.15) is 17.2 Å². The van der Waals surface area contributed by atoms with Crippen molar-refractivity contribution in [1.82, 2.24) is 4.90 Å². The highest BCUT2D eigenvalue weighted by Crippen LogP contribution is 2.62. The zero-order valence-corrected chi connectivity index (χ0v) is 19.4. The molecule has 2 aromatic carbocycles. The van der Waals surface area contributed by atoms with Crippen molar-refractivity contribution in [1.29, 1.82) is 0 Å². The highest BCUT2D eigenvalue weighted by atomic mass is 32.2. The predicted molar refractivity (Wildman–Crippen MR) is 123 cm³/mol. The van der Waals surface area contributed by atoms with Crippen molar-refractivity contribution in [3.8, 4) is 11.5 Å². The number of amidine groups is 1. The van der Waals surface area contributed by atoms with Crippen molar-refractivity contribution in [2.24, 2.45) is 4.99 Å². The summed E-state index contributed by atoms with van der Waals surface area (Å²) < 4.78 is 34.9. The molecule has 0 fully saturated rings. The third kappa shape index (κ3) is 3.92. The first-order chi connectivity index (χ1) is 15.0. The van der Waals surface area contributed by atoms with Crippen molar-refractivity contribution < 1.29 is 23.1 Å². The molecule has 0 amide bonds. The second-order valence-electron chi connectivity index (χ2n) is 6.69. The van der Waals surface area contributed by atoms with Gasteiger partial charge in [0.1, 0.15) is 16.9 Å². The quantitative estimate of drug-likeness (QED) is 0.508. The Morgan fingerprint density at radius 2 is 1.74 bits per heavy atom. The summed E-state index contributed by atoms with van der Waals surface area (Å²) in [6.45, 7) is 0. The minimum atomic E-state index is -3.52. The van der Waals surface area contributed by atoms with E-state index in [0.29, 0.717) is 22.1 Å². The van der Waals surface area contributed by atoms with E-state index in [-0.39, 0.29) is 6.04 Å². The summed E-state index contributed by atoms with van der Waals surface area (Å²) in [6.07, 6.45) is 2.03. The summed E-state index contributed by atoms with van der Waals surface area (Å²) >= 11 is 1.39. The molecule has 0 saturated heterocycles. The fourth-order valence-electron chi connectivity index (χ4n) is 3.54. The summed E-state index contributed by atoms with van der Waals surface area (Å²) in [4.78, 5) is 6.71. The minimum Gasteiger partial charge on any atom is -0.497 e. The molecule has 1 unspecified atom stereocenters. The molecular formula is C22H23N2O5PS. The molecule has 1 atom stereocenters. The topological polar surface area (TPSA) is 69.6 Å². The van der Waals surface area contributed by atoms with Crippen LogP contribution in [0.5, 0.6) is 11.5 Å². The number of hydrogen-bond donors (Lipinski definition) is 0. The lowest BCUT2D eigenvalue weighted by atomic mass is 10.00. The third-order valence-electron chi connectivity index (χ3n) is 5.12. The van der Waals surface area contributed by atoms with Gasteiger partial charge in [-0.05, 0) is 23.8 Å². The Balaban J connectivity index is 1.88. The van der Waals surface area contributed by atoms with Crippen molar-refractivity contribution in [2.75, 3.05) is 28.4 Å². The van der Waals surface area contributed by atoms with Gasteiger partial charge >= 0.3 is 7.60 Å². The Bertz CT molecular complexity index is 1110. The Kier molecular flexibility index (Phi) is 6.25. The molecule has 0 spiro atoms. The Labute approximate surface area is 185 Å². The fourth-order valence-corrected chi connectivity index (χ4v) is 6.09. The molecule has 0 bridgehead atoms. The van der Waals surface area contributed by atoms with Crippen molar-refractivity contribution in [3.05, 3.63) is 76.6 Å². The lowest BCUT2D eigenvalue weighted by Crippen LogP contribution is -2.31. The van der Waals surface area contributed by atoms with Gasteiger partial charge in [0, 0.05) is 31.3 Å². The number of ether oxygens (including phenoxy) is 2. The number of rotatable bonds is 7. The molecule has 2 heterocycles. The van der Waals surface area contributed by atoms with Gasteiger partial charge in [0.05, 0.1) is 26.0 Å². The number of aliphatic imine (C=N–C) groups is 1. The highest BCUT2D eigenvalue weighted by Gasteiger charge is 2.44. The first-order valence-corrected chi connectivity index (χ1v) is 11.9. The SMILES string of the molecule is COc1ccc(C2C=C(c3ccccc3)N=C3SC=C(P(=O)(OC)OC)N32)c(OC)c1.